The van der Waals surface area contributed by atoms with Gasteiger partial charge in [0.15, 0.2) is 8.53 Å². The summed E-state index contributed by atoms with van der Waals surface area (Å²) < 4.78 is 3.45. The Balaban J connectivity index is 3.89. The highest BCUT2D eigenvalue weighted by Crippen LogP contribution is 2.33. The summed E-state index contributed by atoms with van der Waals surface area (Å²) in [4.78, 5) is 0. The van der Waals surface area contributed by atoms with E-state index in [0.29, 0.717) is 5.75 Å². The van der Waals surface area contributed by atoms with Crippen molar-refractivity contribution in [3.63, 3.8) is 0 Å². The summed E-state index contributed by atoms with van der Waals surface area (Å²) in [5.41, 5.74) is 0. The second-order valence-corrected chi connectivity index (χ2v) is 6.11. The monoisotopic (exact) mass is 234 g/mol. The molecular formula is C4H10OS5. The molecule has 0 atom stereocenters. The summed E-state index contributed by atoms with van der Waals surface area (Å²) in [7, 11) is 0. The highest BCUT2D eigenvalue weighted by molar-refractivity contribution is 8.02. The first-order chi connectivity index (χ1) is 4.27. The summed E-state index contributed by atoms with van der Waals surface area (Å²) in [6.07, 6.45) is 0. The van der Waals surface area contributed by atoms with E-state index >= 15 is 0 Å². The van der Waals surface area contributed by atoms with Gasteiger partial charge in [0.05, 0.1) is 0 Å². The number of rotatable bonds is 3. The molecule has 0 saturated heterocycles. The van der Waals surface area contributed by atoms with Crippen LogP contribution in [0.3, 0.4) is 0 Å². The molecule has 0 unspecified atom stereocenters. The largest absolute Gasteiger partial charge is 0.329 e. The average Bonchev–Trinajstić information content (AvgIpc) is 1.60. The summed E-state index contributed by atoms with van der Waals surface area (Å²) in [5, 5.41) is 0. The molecule has 1 nitrogen and oxygen atoms in total. The van der Waals surface area contributed by atoms with Gasteiger partial charge >= 0.3 is 0 Å². The number of ether oxygens (including phenoxy) is 1. The number of thiol groups is 5. The fraction of sp³-hybridized carbons (Fsp3) is 1.00. The van der Waals surface area contributed by atoms with Gasteiger partial charge in [0, 0.05) is 5.75 Å². The van der Waals surface area contributed by atoms with Crippen molar-refractivity contribution in [1.29, 1.82) is 0 Å². The number of hydrogen-bond acceptors (Lipinski definition) is 6. The van der Waals surface area contributed by atoms with E-state index < -0.39 is 8.53 Å². The van der Waals surface area contributed by atoms with E-state index in [1.165, 1.54) is 0 Å². The van der Waals surface area contributed by atoms with Gasteiger partial charge in [-0.25, -0.2) is 0 Å². The molecule has 0 aliphatic carbocycles. The molecule has 6 heteroatoms. The van der Waals surface area contributed by atoms with Crippen LogP contribution in [0.15, 0.2) is 0 Å². The second kappa shape index (κ2) is 4.09. The molecule has 0 aromatic carbocycles. The third-order valence-corrected chi connectivity index (χ3v) is 2.19. The highest BCUT2D eigenvalue weighted by atomic mass is 32.2. The maximum absolute atomic E-state index is 5.15. The zero-order valence-corrected chi connectivity index (χ0v) is 9.82. The Morgan fingerprint density at radius 3 is 1.70 bits per heavy atom. The Bertz CT molecular complexity index is 107. The van der Waals surface area contributed by atoms with Crippen LogP contribution >= 0.6 is 63.1 Å². The molecule has 0 amide bonds. The van der Waals surface area contributed by atoms with Gasteiger partial charge in [0.2, 0.25) is 0 Å². The van der Waals surface area contributed by atoms with Gasteiger partial charge in [-0.15, -0.1) is 50.5 Å². The third-order valence-electron chi connectivity index (χ3n) is 0.563. The molecule has 0 aromatic heterocycles. The van der Waals surface area contributed by atoms with Crippen molar-refractivity contribution in [3.05, 3.63) is 0 Å². The lowest BCUT2D eigenvalue weighted by molar-refractivity contribution is 0.0782. The zero-order valence-electron chi connectivity index (χ0n) is 5.35. The fourth-order valence-electron chi connectivity index (χ4n) is 0.342. The maximum atomic E-state index is 5.15. The minimum absolute atomic E-state index is 0.385. The lowest BCUT2D eigenvalue weighted by Crippen LogP contribution is -2.29. The Morgan fingerprint density at radius 2 is 1.60 bits per heavy atom. The van der Waals surface area contributed by atoms with E-state index in [1.54, 1.807) is 6.92 Å². The molecule has 0 N–H and O–H groups in total. The van der Waals surface area contributed by atoms with E-state index in [0.717, 1.165) is 0 Å². The van der Waals surface area contributed by atoms with Crippen molar-refractivity contribution >= 4 is 63.1 Å². The topological polar surface area (TPSA) is 9.23 Å². The van der Waals surface area contributed by atoms with E-state index in [2.05, 4.69) is 63.1 Å². The zero-order chi connectivity index (χ0) is 8.41. The lowest BCUT2D eigenvalue weighted by Gasteiger charge is -2.28. The molecule has 0 aliphatic rings. The van der Waals surface area contributed by atoms with E-state index in [-0.39, 0.29) is 0 Å². The molecule has 62 valence electrons. The summed E-state index contributed by atoms with van der Waals surface area (Å²) in [6, 6.07) is 0. The molecule has 0 fully saturated rings. The van der Waals surface area contributed by atoms with Crippen LogP contribution in [-0.2, 0) is 4.74 Å². The molecule has 0 saturated carbocycles. The standard InChI is InChI=1S/C4H10OS5/c1-3(7,8)5-4(9,10)2-6/h6-10H,2H2,1H3. The Morgan fingerprint density at radius 1 is 1.20 bits per heavy atom. The number of hydrogen-bond donors (Lipinski definition) is 5. The van der Waals surface area contributed by atoms with Crippen LogP contribution in [0.4, 0.5) is 0 Å². The predicted molar refractivity (Wildman–Crippen MR) is 62.0 cm³/mol. The van der Waals surface area contributed by atoms with Crippen molar-refractivity contribution in [2.75, 3.05) is 5.75 Å². The van der Waals surface area contributed by atoms with E-state index in [4.69, 9.17) is 4.74 Å². The molecule has 0 bridgehead atoms. The normalized spacial score (nSPS) is 13.8. The minimum Gasteiger partial charge on any atom is -0.329 e. The first-order valence-corrected chi connectivity index (χ1v) is 4.89. The first kappa shape index (κ1) is 11.7. The molecule has 10 heavy (non-hydrogen) atoms. The van der Waals surface area contributed by atoms with Crippen molar-refractivity contribution in [1.82, 2.24) is 0 Å². The van der Waals surface area contributed by atoms with Gasteiger partial charge in [0.1, 0.15) is 0 Å². The van der Waals surface area contributed by atoms with Gasteiger partial charge in [-0.3, -0.25) is 0 Å². The predicted octanol–water partition coefficient (Wildman–Crippen LogP) is 1.98. The third kappa shape index (κ3) is 6.42. The van der Waals surface area contributed by atoms with Crippen LogP contribution < -0.4 is 0 Å². The molecule has 0 heterocycles. The summed E-state index contributed by atoms with van der Waals surface area (Å²) >= 11 is 20.1. The van der Waals surface area contributed by atoms with Gasteiger partial charge in [0.25, 0.3) is 0 Å². The van der Waals surface area contributed by atoms with Crippen molar-refractivity contribution in [2.24, 2.45) is 0 Å². The smallest absolute Gasteiger partial charge is 0.166 e. The lowest BCUT2D eigenvalue weighted by atomic mass is 10.7. The van der Waals surface area contributed by atoms with Crippen LogP contribution in [0, 0.1) is 0 Å². The van der Waals surface area contributed by atoms with Crippen molar-refractivity contribution in [3.8, 4) is 0 Å². The van der Waals surface area contributed by atoms with Crippen LogP contribution in [0.5, 0.6) is 0 Å². The quantitative estimate of drug-likeness (QED) is 0.371. The highest BCUT2D eigenvalue weighted by Gasteiger charge is 2.27. The molecule has 0 spiro atoms. The fourth-order valence-corrected chi connectivity index (χ4v) is 1.37. The Hall–Kier alpha value is 1.71. The van der Waals surface area contributed by atoms with Gasteiger partial charge in [-0.2, -0.15) is 12.6 Å². The van der Waals surface area contributed by atoms with Gasteiger partial charge in [-0.1, -0.05) is 0 Å². The molecule has 0 aromatic rings. The first-order valence-electron chi connectivity index (χ1n) is 2.47. The molecular weight excluding hydrogens is 224 g/mol. The average molecular weight is 234 g/mol. The van der Waals surface area contributed by atoms with Crippen molar-refractivity contribution < 1.29 is 4.74 Å². The van der Waals surface area contributed by atoms with Crippen molar-refractivity contribution in [2.45, 2.75) is 15.5 Å². The van der Waals surface area contributed by atoms with Crippen LogP contribution in [0.25, 0.3) is 0 Å². The molecule has 0 radical (unpaired) electrons. The molecule has 0 rings (SSSR count). The SMILES string of the molecule is CC(S)(S)OC(S)(S)CS. The summed E-state index contributed by atoms with van der Waals surface area (Å²) in [5.74, 6) is 0.385. The summed E-state index contributed by atoms with van der Waals surface area (Å²) in [6.45, 7) is 1.68. The van der Waals surface area contributed by atoms with Crippen LogP contribution in [-0.4, -0.2) is 14.3 Å². The van der Waals surface area contributed by atoms with Crippen LogP contribution in [0.2, 0.25) is 0 Å². The maximum Gasteiger partial charge on any atom is 0.166 e. The van der Waals surface area contributed by atoms with Gasteiger partial charge < -0.3 is 4.74 Å². The van der Waals surface area contributed by atoms with Gasteiger partial charge in [-0.05, 0) is 6.92 Å². The van der Waals surface area contributed by atoms with E-state index in [9.17, 15) is 0 Å². The Labute approximate surface area is 88.7 Å². The second-order valence-electron chi connectivity index (χ2n) is 1.94. The van der Waals surface area contributed by atoms with Crippen LogP contribution in [0.1, 0.15) is 6.92 Å². The Kier molecular flexibility index (Phi) is 4.79. The minimum atomic E-state index is -0.874. The molecule has 0 aliphatic heterocycles. The van der Waals surface area contributed by atoms with E-state index in [1.807, 2.05) is 0 Å².